The standard InChI is InChI=1S/C8H6N4OS/c9-12-10-4-2-1-3-7-6-14-8(5-13)11-7/h5-6H,2,4H2. The summed E-state index contributed by atoms with van der Waals surface area (Å²) in [6.07, 6.45) is 1.19. The molecule has 0 saturated carbocycles. The van der Waals surface area contributed by atoms with Gasteiger partial charge in [-0.2, -0.15) is 0 Å². The van der Waals surface area contributed by atoms with Gasteiger partial charge in [0.2, 0.25) is 0 Å². The maximum atomic E-state index is 10.3. The zero-order valence-corrected chi connectivity index (χ0v) is 7.99. The molecule has 0 saturated heterocycles. The van der Waals surface area contributed by atoms with Crippen LogP contribution in [0, 0.1) is 11.8 Å². The van der Waals surface area contributed by atoms with Crippen molar-refractivity contribution in [2.75, 3.05) is 6.54 Å². The predicted molar refractivity (Wildman–Crippen MR) is 53.0 cm³/mol. The number of hydrogen-bond donors (Lipinski definition) is 0. The molecule has 0 aromatic carbocycles. The second-order valence-electron chi connectivity index (χ2n) is 2.20. The first-order valence-corrected chi connectivity index (χ1v) is 4.65. The van der Waals surface area contributed by atoms with E-state index >= 15 is 0 Å². The highest BCUT2D eigenvalue weighted by molar-refractivity contribution is 7.11. The fourth-order valence-corrected chi connectivity index (χ4v) is 1.25. The minimum absolute atomic E-state index is 0.355. The third-order valence-electron chi connectivity index (χ3n) is 1.24. The largest absolute Gasteiger partial charge is 0.295 e. The minimum atomic E-state index is 0.355. The van der Waals surface area contributed by atoms with Crippen molar-refractivity contribution in [3.8, 4) is 11.8 Å². The summed E-state index contributed by atoms with van der Waals surface area (Å²) in [6, 6.07) is 0. The second-order valence-corrected chi connectivity index (χ2v) is 3.08. The van der Waals surface area contributed by atoms with Crippen molar-refractivity contribution in [1.82, 2.24) is 4.98 Å². The maximum Gasteiger partial charge on any atom is 0.178 e. The summed E-state index contributed by atoms with van der Waals surface area (Å²) in [5, 5.41) is 5.46. The number of aldehydes is 1. The Kier molecular flexibility index (Phi) is 4.21. The van der Waals surface area contributed by atoms with Crippen LogP contribution in [0.2, 0.25) is 0 Å². The molecule has 0 spiro atoms. The van der Waals surface area contributed by atoms with Crippen molar-refractivity contribution >= 4 is 17.6 Å². The minimum Gasteiger partial charge on any atom is -0.295 e. The van der Waals surface area contributed by atoms with E-state index in [0.717, 1.165) is 0 Å². The SMILES string of the molecule is [N-]=[N+]=NCCC#Cc1csc(C=O)n1. The van der Waals surface area contributed by atoms with E-state index in [2.05, 4.69) is 26.9 Å². The van der Waals surface area contributed by atoms with Gasteiger partial charge in [0.25, 0.3) is 0 Å². The van der Waals surface area contributed by atoms with Gasteiger partial charge in [0.1, 0.15) is 5.69 Å². The van der Waals surface area contributed by atoms with Crippen molar-refractivity contribution in [1.29, 1.82) is 0 Å². The molecule has 0 aliphatic rings. The lowest BCUT2D eigenvalue weighted by atomic mass is 10.4. The van der Waals surface area contributed by atoms with E-state index in [-0.39, 0.29) is 0 Å². The quantitative estimate of drug-likeness (QED) is 0.189. The Hall–Kier alpha value is -1.83. The number of aromatic nitrogens is 1. The van der Waals surface area contributed by atoms with E-state index in [1.165, 1.54) is 11.3 Å². The molecule has 0 N–H and O–H groups in total. The first-order chi connectivity index (χ1) is 6.86. The van der Waals surface area contributed by atoms with Gasteiger partial charge < -0.3 is 0 Å². The highest BCUT2D eigenvalue weighted by Gasteiger charge is 1.95. The van der Waals surface area contributed by atoms with Crippen molar-refractivity contribution in [2.24, 2.45) is 5.11 Å². The van der Waals surface area contributed by atoms with Crippen LogP contribution in [0.4, 0.5) is 0 Å². The van der Waals surface area contributed by atoms with Gasteiger partial charge in [-0.05, 0) is 11.5 Å². The zero-order valence-electron chi connectivity index (χ0n) is 7.17. The Morgan fingerprint density at radius 2 is 2.64 bits per heavy atom. The predicted octanol–water partition coefficient (Wildman–Crippen LogP) is 2.01. The molecular formula is C8H6N4OS. The summed E-state index contributed by atoms with van der Waals surface area (Å²) in [5.74, 6) is 5.55. The topological polar surface area (TPSA) is 78.7 Å². The molecule has 0 radical (unpaired) electrons. The number of azide groups is 1. The van der Waals surface area contributed by atoms with Crippen LogP contribution in [-0.4, -0.2) is 17.8 Å². The number of carbonyl (C=O) groups is 1. The Morgan fingerprint density at radius 3 is 3.29 bits per heavy atom. The molecule has 70 valence electrons. The van der Waals surface area contributed by atoms with Crippen LogP contribution in [0.5, 0.6) is 0 Å². The third kappa shape index (κ3) is 3.27. The van der Waals surface area contributed by atoms with Crippen LogP contribution >= 0.6 is 11.3 Å². The molecule has 1 aromatic rings. The van der Waals surface area contributed by atoms with Crippen LogP contribution in [-0.2, 0) is 0 Å². The van der Waals surface area contributed by atoms with Crippen LogP contribution in [0.1, 0.15) is 21.9 Å². The summed E-state index contributed by atoms with van der Waals surface area (Å²) in [5.41, 5.74) is 8.56. The number of carbonyl (C=O) groups excluding carboxylic acids is 1. The summed E-state index contributed by atoms with van der Waals surface area (Å²) in [7, 11) is 0. The van der Waals surface area contributed by atoms with E-state index in [4.69, 9.17) is 5.53 Å². The molecule has 1 aromatic heterocycles. The van der Waals surface area contributed by atoms with Gasteiger partial charge in [0.05, 0.1) is 0 Å². The van der Waals surface area contributed by atoms with Gasteiger partial charge in [-0.15, -0.1) is 11.3 Å². The van der Waals surface area contributed by atoms with Gasteiger partial charge in [-0.25, -0.2) is 4.98 Å². The average Bonchev–Trinajstić information content (AvgIpc) is 2.65. The lowest BCUT2D eigenvalue weighted by Crippen LogP contribution is -1.78. The zero-order chi connectivity index (χ0) is 10.2. The van der Waals surface area contributed by atoms with Gasteiger partial charge in [0.15, 0.2) is 11.3 Å². The van der Waals surface area contributed by atoms with Crippen LogP contribution in [0.25, 0.3) is 10.4 Å². The van der Waals surface area contributed by atoms with Crippen LogP contribution in [0.3, 0.4) is 0 Å². The monoisotopic (exact) mass is 206 g/mol. The van der Waals surface area contributed by atoms with Crippen molar-refractivity contribution in [2.45, 2.75) is 6.42 Å². The van der Waals surface area contributed by atoms with E-state index in [0.29, 0.717) is 30.0 Å². The average molecular weight is 206 g/mol. The van der Waals surface area contributed by atoms with Gasteiger partial charge in [0, 0.05) is 23.3 Å². The molecule has 5 nitrogen and oxygen atoms in total. The highest BCUT2D eigenvalue weighted by atomic mass is 32.1. The smallest absolute Gasteiger partial charge is 0.178 e. The van der Waals surface area contributed by atoms with Gasteiger partial charge in [-0.3, -0.25) is 4.79 Å². The molecule has 0 aliphatic carbocycles. The highest BCUT2D eigenvalue weighted by Crippen LogP contribution is 2.05. The Morgan fingerprint density at radius 1 is 1.79 bits per heavy atom. The Balaban J connectivity index is 2.50. The molecular weight excluding hydrogens is 200 g/mol. The van der Waals surface area contributed by atoms with Crippen LogP contribution in [0.15, 0.2) is 10.5 Å². The van der Waals surface area contributed by atoms with E-state index in [1.807, 2.05) is 0 Å². The molecule has 1 rings (SSSR count). The molecule has 0 bridgehead atoms. The van der Waals surface area contributed by atoms with Crippen molar-refractivity contribution in [3.05, 3.63) is 26.5 Å². The number of thiazole rings is 1. The summed E-state index contributed by atoms with van der Waals surface area (Å²) >= 11 is 1.25. The molecule has 6 heteroatoms. The number of rotatable bonds is 3. The van der Waals surface area contributed by atoms with E-state index in [9.17, 15) is 4.79 Å². The first kappa shape index (κ1) is 10.3. The first-order valence-electron chi connectivity index (χ1n) is 3.77. The van der Waals surface area contributed by atoms with Gasteiger partial charge >= 0.3 is 0 Å². The third-order valence-corrected chi connectivity index (χ3v) is 2.01. The lowest BCUT2D eigenvalue weighted by Gasteiger charge is -1.78. The van der Waals surface area contributed by atoms with E-state index < -0.39 is 0 Å². The normalized spacial score (nSPS) is 8.29. The number of nitrogens with zero attached hydrogens (tertiary/aromatic N) is 4. The Bertz CT molecular complexity index is 422. The van der Waals surface area contributed by atoms with Gasteiger partial charge in [-0.1, -0.05) is 11.0 Å². The molecule has 0 atom stereocenters. The summed E-state index contributed by atoms with van der Waals surface area (Å²) in [6.45, 7) is 0.355. The molecule has 0 unspecified atom stereocenters. The fraction of sp³-hybridized carbons (Fsp3) is 0.250. The van der Waals surface area contributed by atoms with Crippen molar-refractivity contribution in [3.63, 3.8) is 0 Å². The second kappa shape index (κ2) is 5.75. The maximum absolute atomic E-state index is 10.3. The molecule has 0 amide bonds. The summed E-state index contributed by atoms with van der Waals surface area (Å²) in [4.78, 5) is 16.8. The molecule has 14 heavy (non-hydrogen) atoms. The van der Waals surface area contributed by atoms with Crippen LogP contribution < -0.4 is 0 Å². The molecule has 0 fully saturated rings. The summed E-state index contributed by atoms with van der Waals surface area (Å²) < 4.78 is 0. The molecule has 0 aliphatic heterocycles. The lowest BCUT2D eigenvalue weighted by molar-refractivity contribution is 0.112. The van der Waals surface area contributed by atoms with Crippen molar-refractivity contribution < 1.29 is 4.79 Å². The Labute approximate surface area is 84.4 Å². The number of hydrogen-bond acceptors (Lipinski definition) is 4. The molecule has 1 heterocycles. The van der Waals surface area contributed by atoms with E-state index in [1.54, 1.807) is 5.38 Å². The fourth-order valence-electron chi connectivity index (χ4n) is 0.703.